The van der Waals surface area contributed by atoms with Crippen LogP contribution in [0, 0.1) is 12.7 Å². The van der Waals surface area contributed by atoms with Crippen molar-refractivity contribution in [1.82, 2.24) is 5.32 Å². The predicted molar refractivity (Wildman–Crippen MR) is 58.6 cm³/mol. The molecule has 1 aromatic carbocycles. The van der Waals surface area contributed by atoms with Gasteiger partial charge in [0.05, 0.1) is 0 Å². The van der Waals surface area contributed by atoms with Gasteiger partial charge < -0.3 is 5.32 Å². The van der Waals surface area contributed by atoms with E-state index in [0.29, 0.717) is 5.92 Å². The van der Waals surface area contributed by atoms with Crippen molar-refractivity contribution in [3.05, 3.63) is 35.1 Å². The van der Waals surface area contributed by atoms with Gasteiger partial charge in [-0.15, -0.1) is 12.4 Å². The van der Waals surface area contributed by atoms with Gasteiger partial charge in [-0.1, -0.05) is 6.07 Å². The fraction of sp³-hybridized carbons (Fsp3) is 0.455. The minimum atomic E-state index is -0.118. The van der Waals surface area contributed by atoms with Gasteiger partial charge in [0.25, 0.3) is 0 Å². The average Bonchev–Trinajstić information content (AvgIpc) is 2.61. The molecule has 3 heteroatoms. The molecular weight excluding hydrogens is 201 g/mol. The normalized spacial score (nSPS) is 20.6. The lowest BCUT2D eigenvalue weighted by molar-refractivity contribution is 0.620. The van der Waals surface area contributed by atoms with Crippen molar-refractivity contribution in [2.75, 3.05) is 13.1 Å². The molecule has 2 rings (SSSR count). The lowest BCUT2D eigenvalue weighted by Crippen LogP contribution is -2.08. The van der Waals surface area contributed by atoms with E-state index >= 15 is 0 Å². The van der Waals surface area contributed by atoms with Gasteiger partial charge in [-0.25, -0.2) is 4.39 Å². The van der Waals surface area contributed by atoms with E-state index in [-0.39, 0.29) is 18.2 Å². The Bertz CT molecular complexity index is 308. The van der Waals surface area contributed by atoms with E-state index in [2.05, 4.69) is 5.32 Å². The lowest BCUT2D eigenvalue weighted by atomic mass is 9.94. The van der Waals surface area contributed by atoms with Crippen molar-refractivity contribution in [2.24, 2.45) is 0 Å². The summed E-state index contributed by atoms with van der Waals surface area (Å²) < 4.78 is 13.0. The van der Waals surface area contributed by atoms with Crippen molar-refractivity contribution in [3.8, 4) is 0 Å². The number of nitrogens with one attached hydrogen (secondary N) is 1. The third-order valence-corrected chi connectivity index (χ3v) is 2.74. The Labute approximate surface area is 90.1 Å². The van der Waals surface area contributed by atoms with Crippen LogP contribution in [0.4, 0.5) is 4.39 Å². The highest BCUT2D eigenvalue weighted by molar-refractivity contribution is 5.85. The Hall–Kier alpha value is -0.600. The third kappa shape index (κ3) is 2.25. The number of benzene rings is 1. The van der Waals surface area contributed by atoms with E-state index in [4.69, 9.17) is 0 Å². The van der Waals surface area contributed by atoms with Crippen LogP contribution in [0.1, 0.15) is 23.5 Å². The van der Waals surface area contributed by atoms with Crippen LogP contribution in [0.2, 0.25) is 0 Å². The van der Waals surface area contributed by atoms with Crippen LogP contribution in [0.5, 0.6) is 0 Å². The van der Waals surface area contributed by atoms with Gasteiger partial charge in [0.1, 0.15) is 5.82 Å². The van der Waals surface area contributed by atoms with Crippen LogP contribution in [0.3, 0.4) is 0 Å². The zero-order valence-corrected chi connectivity index (χ0v) is 9.03. The molecule has 1 nitrogen and oxygen atoms in total. The molecule has 0 radical (unpaired) electrons. The highest BCUT2D eigenvalue weighted by Gasteiger charge is 2.18. The molecule has 1 atom stereocenters. The summed E-state index contributed by atoms with van der Waals surface area (Å²) in [6.07, 6.45) is 1.13. The molecule has 0 amide bonds. The number of halogens is 2. The number of hydrogen-bond acceptors (Lipinski definition) is 1. The molecule has 1 heterocycles. The van der Waals surface area contributed by atoms with Gasteiger partial charge in [0.15, 0.2) is 0 Å². The van der Waals surface area contributed by atoms with Crippen LogP contribution in [-0.2, 0) is 0 Å². The van der Waals surface area contributed by atoms with Crippen LogP contribution in [0.15, 0.2) is 18.2 Å². The van der Waals surface area contributed by atoms with Crippen LogP contribution >= 0.6 is 12.4 Å². The minimum Gasteiger partial charge on any atom is -0.316 e. The molecule has 78 valence electrons. The van der Waals surface area contributed by atoms with Gasteiger partial charge in [-0.05, 0) is 49.1 Å². The number of hydrogen-bond donors (Lipinski definition) is 1. The average molecular weight is 216 g/mol. The summed E-state index contributed by atoms with van der Waals surface area (Å²) in [6.45, 7) is 4.10. The van der Waals surface area contributed by atoms with Crippen molar-refractivity contribution in [1.29, 1.82) is 0 Å². The van der Waals surface area contributed by atoms with E-state index in [1.165, 1.54) is 17.2 Å². The van der Waals surface area contributed by atoms with E-state index in [0.717, 1.165) is 19.5 Å². The summed E-state index contributed by atoms with van der Waals surface area (Å²) >= 11 is 0. The molecule has 1 aliphatic rings. The second-order valence-electron chi connectivity index (χ2n) is 3.69. The molecule has 1 unspecified atom stereocenters. The lowest BCUT2D eigenvalue weighted by Gasteiger charge is -2.11. The van der Waals surface area contributed by atoms with E-state index in [9.17, 15) is 4.39 Å². The van der Waals surface area contributed by atoms with Crippen molar-refractivity contribution in [2.45, 2.75) is 19.3 Å². The Morgan fingerprint density at radius 2 is 2.21 bits per heavy atom. The molecule has 1 fully saturated rings. The largest absolute Gasteiger partial charge is 0.316 e. The first-order valence-electron chi connectivity index (χ1n) is 4.74. The fourth-order valence-electron chi connectivity index (χ4n) is 1.97. The Balaban J connectivity index is 0.000000980. The number of rotatable bonds is 1. The van der Waals surface area contributed by atoms with Crippen LogP contribution in [-0.4, -0.2) is 13.1 Å². The van der Waals surface area contributed by atoms with Crippen molar-refractivity contribution in [3.63, 3.8) is 0 Å². The highest BCUT2D eigenvalue weighted by Crippen LogP contribution is 2.25. The zero-order chi connectivity index (χ0) is 9.26. The summed E-state index contributed by atoms with van der Waals surface area (Å²) in [7, 11) is 0. The molecule has 1 saturated heterocycles. The Morgan fingerprint density at radius 3 is 2.86 bits per heavy atom. The topological polar surface area (TPSA) is 12.0 Å². The second-order valence-corrected chi connectivity index (χ2v) is 3.69. The second kappa shape index (κ2) is 4.76. The first kappa shape index (κ1) is 11.5. The monoisotopic (exact) mass is 215 g/mol. The van der Waals surface area contributed by atoms with Gasteiger partial charge in [0, 0.05) is 6.54 Å². The molecule has 0 saturated carbocycles. The van der Waals surface area contributed by atoms with Crippen LogP contribution in [0.25, 0.3) is 0 Å². The van der Waals surface area contributed by atoms with Crippen molar-refractivity contribution < 1.29 is 4.39 Å². The number of aryl methyl sites for hydroxylation is 1. The minimum absolute atomic E-state index is 0. The van der Waals surface area contributed by atoms with Gasteiger partial charge >= 0.3 is 0 Å². The third-order valence-electron chi connectivity index (χ3n) is 2.74. The molecule has 0 aliphatic carbocycles. The molecule has 14 heavy (non-hydrogen) atoms. The first-order chi connectivity index (χ1) is 6.27. The maximum Gasteiger partial charge on any atom is 0.123 e. The zero-order valence-electron chi connectivity index (χ0n) is 8.22. The molecule has 0 aromatic heterocycles. The summed E-state index contributed by atoms with van der Waals surface area (Å²) in [5, 5.41) is 3.30. The van der Waals surface area contributed by atoms with Gasteiger partial charge in [0.2, 0.25) is 0 Å². The maximum atomic E-state index is 13.0. The van der Waals surface area contributed by atoms with Gasteiger partial charge in [-0.3, -0.25) is 0 Å². The quantitative estimate of drug-likeness (QED) is 0.760. The van der Waals surface area contributed by atoms with Crippen molar-refractivity contribution >= 4 is 12.4 Å². The fourth-order valence-corrected chi connectivity index (χ4v) is 1.97. The first-order valence-corrected chi connectivity index (χ1v) is 4.74. The Kier molecular flexibility index (Phi) is 3.90. The maximum absolute atomic E-state index is 13.0. The molecule has 0 bridgehead atoms. The summed E-state index contributed by atoms with van der Waals surface area (Å²) in [6, 6.07) is 5.07. The summed E-state index contributed by atoms with van der Waals surface area (Å²) in [4.78, 5) is 0. The SMILES string of the molecule is Cc1ccc(F)cc1C1CCNC1.Cl. The van der Waals surface area contributed by atoms with E-state index in [1.807, 2.05) is 13.0 Å². The molecule has 0 spiro atoms. The van der Waals surface area contributed by atoms with Crippen LogP contribution < -0.4 is 5.32 Å². The summed E-state index contributed by atoms with van der Waals surface area (Å²) in [5.41, 5.74) is 2.38. The smallest absolute Gasteiger partial charge is 0.123 e. The molecule has 1 N–H and O–H groups in total. The molecule has 1 aromatic rings. The highest BCUT2D eigenvalue weighted by atomic mass is 35.5. The molecule has 1 aliphatic heterocycles. The standard InChI is InChI=1S/C11H14FN.ClH/c1-8-2-3-10(12)6-11(8)9-4-5-13-7-9;/h2-3,6,9,13H,4-5,7H2,1H3;1H. The Morgan fingerprint density at radius 1 is 1.43 bits per heavy atom. The van der Waals surface area contributed by atoms with Gasteiger partial charge in [-0.2, -0.15) is 0 Å². The summed E-state index contributed by atoms with van der Waals surface area (Å²) in [5.74, 6) is 0.392. The van der Waals surface area contributed by atoms with E-state index < -0.39 is 0 Å². The predicted octanol–water partition coefficient (Wildman–Crippen LogP) is 2.63. The molecular formula is C11H15ClFN. The van der Waals surface area contributed by atoms with E-state index in [1.54, 1.807) is 6.07 Å².